The third kappa shape index (κ3) is 6.21. The van der Waals surface area contributed by atoms with Gasteiger partial charge in [-0.1, -0.05) is 23.8 Å². The van der Waals surface area contributed by atoms with Crippen molar-refractivity contribution in [3.05, 3.63) is 41.0 Å². The van der Waals surface area contributed by atoms with Gasteiger partial charge in [0.2, 0.25) is 0 Å². The molecule has 5 nitrogen and oxygen atoms in total. The normalized spacial score (nSPS) is 15.0. The Labute approximate surface area is 155 Å². The fourth-order valence-electron chi connectivity index (χ4n) is 2.92. The van der Waals surface area contributed by atoms with E-state index >= 15 is 0 Å². The number of ether oxygens (including phenoxy) is 2. The van der Waals surface area contributed by atoms with Gasteiger partial charge in [0.1, 0.15) is 5.75 Å². The standard InChI is InChI=1S/C21H29NO4/c1-15-8-7-11-19(16(15)2)25-14-20(23)26-17(3)21(24)22-13-12-18-9-5-4-6-10-18/h7-9,11,17H,4-6,10,12-14H2,1-3H3,(H,22,24)/t17-/m0/s1. The minimum absolute atomic E-state index is 0.213. The Morgan fingerprint density at radius 3 is 2.77 bits per heavy atom. The van der Waals surface area contributed by atoms with Gasteiger partial charge in [-0.25, -0.2) is 4.79 Å². The maximum absolute atomic E-state index is 12.0. The van der Waals surface area contributed by atoms with Crippen LogP contribution >= 0.6 is 0 Å². The second-order valence-corrected chi connectivity index (χ2v) is 6.77. The molecule has 26 heavy (non-hydrogen) atoms. The first-order chi connectivity index (χ1) is 12.5. The highest BCUT2D eigenvalue weighted by Gasteiger charge is 2.18. The van der Waals surface area contributed by atoms with Crippen molar-refractivity contribution in [3.8, 4) is 5.75 Å². The molecule has 1 aliphatic carbocycles. The van der Waals surface area contributed by atoms with Crippen molar-refractivity contribution in [2.45, 2.75) is 59.0 Å². The molecule has 0 unspecified atom stereocenters. The lowest BCUT2D eigenvalue weighted by molar-refractivity contribution is -0.156. The van der Waals surface area contributed by atoms with Crippen LogP contribution in [-0.2, 0) is 14.3 Å². The van der Waals surface area contributed by atoms with Gasteiger partial charge >= 0.3 is 5.97 Å². The number of carbonyl (C=O) groups is 2. The summed E-state index contributed by atoms with van der Waals surface area (Å²) in [6.07, 6.45) is 7.05. The molecule has 0 spiro atoms. The van der Waals surface area contributed by atoms with Gasteiger partial charge in [0.15, 0.2) is 12.7 Å². The predicted octanol–water partition coefficient (Wildman–Crippen LogP) is 3.62. The Hall–Kier alpha value is -2.30. The van der Waals surface area contributed by atoms with Gasteiger partial charge in [-0.2, -0.15) is 0 Å². The Kier molecular flexibility index (Phi) is 7.70. The van der Waals surface area contributed by atoms with Crippen LogP contribution in [0.1, 0.15) is 50.2 Å². The van der Waals surface area contributed by atoms with Crippen LogP contribution in [0.25, 0.3) is 0 Å². The maximum Gasteiger partial charge on any atom is 0.344 e. The van der Waals surface area contributed by atoms with E-state index < -0.39 is 12.1 Å². The molecule has 2 rings (SSSR count). The number of nitrogens with one attached hydrogen (secondary N) is 1. The highest BCUT2D eigenvalue weighted by atomic mass is 16.6. The molecule has 5 heteroatoms. The zero-order valence-corrected chi connectivity index (χ0v) is 16.0. The fraction of sp³-hybridized carbons (Fsp3) is 0.524. The van der Waals surface area contributed by atoms with Crippen LogP contribution in [0.2, 0.25) is 0 Å². The second-order valence-electron chi connectivity index (χ2n) is 6.77. The Morgan fingerprint density at radius 1 is 1.23 bits per heavy atom. The number of hydrogen-bond acceptors (Lipinski definition) is 4. The van der Waals surface area contributed by atoms with Crippen LogP contribution in [0.3, 0.4) is 0 Å². The number of rotatable bonds is 8. The molecule has 1 amide bonds. The van der Waals surface area contributed by atoms with E-state index in [1.165, 1.54) is 18.4 Å². The van der Waals surface area contributed by atoms with E-state index in [1.54, 1.807) is 6.92 Å². The second kappa shape index (κ2) is 10.00. The van der Waals surface area contributed by atoms with Crippen molar-refractivity contribution >= 4 is 11.9 Å². The van der Waals surface area contributed by atoms with E-state index in [4.69, 9.17) is 9.47 Å². The first-order valence-corrected chi connectivity index (χ1v) is 9.31. The van der Waals surface area contributed by atoms with Gasteiger partial charge < -0.3 is 14.8 Å². The predicted molar refractivity (Wildman–Crippen MR) is 101 cm³/mol. The number of hydrogen-bond donors (Lipinski definition) is 1. The number of esters is 1. The van der Waals surface area contributed by atoms with E-state index in [9.17, 15) is 9.59 Å². The van der Waals surface area contributed by atoms with Gasteiger partial charge in [-0.05, 0) is 70.1 Å². The molecule has 0 saturated carbocycles. The molecule has 142 valence electrons. The van der Waals surface area contributed by atoms with Crippen LogP contribution in [0, 0.1) is 13.8 Å². The van der Waals surface area contributed by atoms with Crippen LogP contribution in [0.15, 0.2) is 29.8 Å². The molecule has 1 aromatic carbocycles. The number of carbonyl (C=O) groups excluding carboxylic acids is 2. The van der Waals surface area contributed by atoms with Crippen LogP contribution in [-0.4, -0.2) is 31.1 Å². The van der Waals surface area contributed by atoms with Gasteiger partial charge in [0.25, 0.3) is 5.91 Å². The smallest absolute Gasteiger partial charge is 0.344 e. The monoisotopic (exact) mass is 359 g/mol. The van der Waals surface area contributed by atoms with Crippen LogP contribution in [0.5, 0.6) is 5.75 Å². The summed E-state index contributed by atoms with van der Waals surface area (Å²) in [5, 5.41) is 2.83. The summed E-state index contributed by atoms with van der Waals surface area (Å²) >= 11 is 0. The molecule has 1 aliphatic rings. The number of aryl methyl sites for hydroxylation is 1. The lowest BCUT2D eigenvalue weighted by Gasteiger charge is -2.16. The summed E-state index contributed by atoms with van der Waals surface area (Å²) in [4.78, 5) is 24.0. The highest BCUT2D eigenvalue weighted by molar-refractivity contribution is 5.83. The highest BCUT2D eigenvalue weighted by Crippen LogP contribution is 2.21. The lowest BCUT2D eigenvalue weighted by Crippen LogP contribution is -2.37. The summed E-state index contributed by atoms with van der Waals surface area (Å²) in [6, 6.07) is 5.67. The molecule has 1 aromatic rings. The van der Waals surface area contributed by atoms with Crippen LogP contribution < -0.4 is 10.1 Å². The summed E-state index contributed by atoms with van der Waals surface area (Å²) in [5.41, 5.74) is 3.49. The third-order valence-electron chi connectivity index (χ3n) is 4.71. The molecule has 0 aromatic heterocycles. The van der Waals surface area contributed by atoms with Gasteiger partial charge in [0, 0.05) is 6.54 Å². The van der Waals surface area contributed by atoms with E-state index in [0.717, 1.165) is 30.4 Å². The van der Waals surface area contributed by atoms with Crippen molar-refractivity contribution < 1.29 is 19.1 Å². The molecule has 0 bridgehead atoms. The maximum atomic E-state index is 12.0. The Bertz CT molecular complexity index is 666. The van der Waals surface area contributed by atoms with Crippen molar-refractivity contribution in [3.63, 3.8) is 0 Å². The minimum atomic E-state index is -0.829. The average Bonchev–Trinajstić information content (AvgIpc) is 2.63. The van der Waals surface area contributed by atoms with Gasteiger partial charge in [0.05, 0.1) is 0 Å². The Morgan fingerprint density at radius 2 is 2.04 bits per heavy atom. The molecule has 0 radical (unpaired) electrons. The van der Waals surface area contributed by atoms with Crippen molar-refractivity contribution in [2.24, 2.45) is 0 Å². The first kappa shape index (κ1) is 20.0. The van der Waals surface area contributed by atoms with Crippen LogP contribution in [0.4, 0.5) is 0 Å². The SMILES string of the molecule is Cc1cccc(OCC(=O)O[C@@H](C)C(=O)NCCC2=CCCCC2)c1C. The molecular weight excluding hydrogens is 330 g/mol. The topological polar surface area (TPSA) is 64.6 Å². The van der Waals surface area contributed by atoms with E-state index in [-0.39, 0.29) is 12.5 Å². The first-order valence-electron chi connectivity index (χ1n) is 9.31. The average molecular weight is 359 g/mol. The summed E-state index contributed by atoms with van der Waals surface area (Å²) in [7, 11) is 0. The van der Waals surface area contributed by atoms with Crippen molar-refractivity contribution in [1.29, 1.82) is 0 Å². The largest absolute Gasteiger partial charge is 0.482 e. The summed E-state index contributed by atoms with van der Waals surface area (Å²) < 4.78 is 10.7. The molecule has 1 N–H and O–H groups in total. The molecule has 0 saturated heterocycles. The zero-order chi connectivity index (χ0) is 18.9. The minimum Gasteiger partial charge on any atom is -0.482 e. The molecular formula is C21H29NO4. The quantitative estimate of drug-likeness (QED) is 0.569. The number of benzene rings is 1. The Balaban J connectivity index is 1.69. The zero-order valence-electron chi connectivity index (χ0n) is 16.0. The number of amides is 1. The number of allylic oxidation sites excluding steroid dienone is 1. The molecule has 1 atom stereocenters. The third-order valence-corrected chi connectivity index (χ3v) is 4.71. The summed E-state index contributed by atoms with van der Waals surface area (Å²) in [6.45, 7) is 5.86. The molecule has 0 heterocycles. The lowest BCUT2D eigenvalue weighted by atomic mass is 9.97. The summed E-state index contributed by atoms with van der Waals surface area (Å²) in [5.74, 6) is -0.176. The fourth-order valence-corrected chi connectivity index (χ4v) is 2.92. The van der Waals surface area contributed by atoms with Crippen molar-refractivity contribution in [2.75, 3.05) is 13.2 Å². The van der Waals surface area contributed by atoms with Gasteiger partial charge in [-0.3, -0.25) is 4.79 Å². The van der Waals surface area contributed by atoms with Gasteiger partial charge in [-0.15, -0.1) is 0 Å². The van der Waals surface area contributed by atoms with E-state index in [0.29, 0.717) is 12.3 Å². The molecule has 0 aliphatic heterocycles. The van der Waals surface area contributed by atoms with Crippen molar-refractivity contribution in [1.82, 2.24) is 5.32 Å². The van der Waals surface area contributed by atoms with E-state index in [2.05, 4.69) is 11.4 Å². The van der Waals surface area contributed by atoms with E-state index in [1.807, 2.05) is 32.0 Å². The molecule has 0 fully saturated rings.